The number of carbonyl (C=O) groups is 2. The van der Waals surface area contributed by atoms with Gasteiger partial charge in [0.2, 0.25) is 0 Å². The van der Waals surface area contributed by atoms with E-state index in [4.69, 9.17) is 0 Å². The lowest BCUT2D eigenvalue weighted by Crippen LogP contribution is -2.42. The molecule has 4 heteroatoms. The molecule has 0 radical (unpaired) electrons. The van der Waals surface area contributed by atoms with Crippen molar-refractivity contribution in [3.8, 4) is 0 Å². The fourth-order valence-electron chi connectivity index (χ4n) is 1.49. The molecule has 2 amide bonds. The first kappa shape index (κ1) is 20.5. The van der Waals surface area contributed by atoms with Gasteiger partial charge >= 0.3 is 11.8 Å². The predicted molar refractivity (Wildman–Crippen MR) is 85.4 cm³/mol. The van der Waals surface area contributed by atoms with Crippen LogP contribution in [0.15, 0.2) is 36.0 Å². The number of carbonyl (C=O) groups excluding carboxylic acids is 2. The van der Waals surface area contributed by atoms with Crippen LogP contribution in [-0.4, -0.2) is 36.9 Å². The van der Waals surface area contributed by atoms with Crippen molar-refractivity contribution in [2.45, 2.75) is 34.6 Å². The highest BCUT2D eigenvalue weighted by atomic mass is 16.2. The second kappa shape index (κ2) is 12.2. The smallest absolute Gasteiger partial charge is 0.312 e. The number of amides is 2. The molecule has 20 heavy (non-hydrogen) atoms. The Balaban J connectivity index is 0. The molecule has 0 spiro atoms. The number of hydrogen-bond acceptors (Lipinski definition) is 2. The normalized spacial score (nSPS) is 11.1. The van der Waals surface area contributed by atoms with E-state index in [9.17, 15) is 9.59 Å². The molecule has 0 bridgehead atoms. The van der Waals surface area contributed by atoms with Crippen LogP contribution < -0.4 is 5.32 Å². The van der Waals surface area contributed by atoms with Crippen molar-refractivity contribution in [2.24, 2.45) is 0 Å². The van der Waals surface area contributed by atoms with Gasteiger partial charge in [-0.2, -0.15) is 0 Å². The first-order chi connectivity index (χ1) is 9.51. The Morgan fingerprint density at radius 3 is 2.20 bits per heavy atom. The number of allylic oxidation sites excluding steroid dienone is 3. The topological polar surface area (TPSA) is 49.4 Å². The highest BCUT2D eigenvalue weighted by Crippen LogP contribution is 2.09. The van der Waals surface area contributed by atoms with Crippen molar-refractivity contribution in [1.29, 1.82) is 0 Å². The molecule has 0 unspecified atom stereocenters. The molecule has 0 aliphatic carbocycles. The lowest BCUT2D eigenvalue weighted by atomic mass is 10.1. The summed E-state index contributed by atoms with van der Waals surface area (Å²) in [5.74, 6) is -1.11. The van der Waals surface area contributed by atoms with Crippen LogP contribution in [0.4, 0.5) is 0 Å². The molecule has 0 fully saturated rings. The van der Waals surface area contributed by atoms with Gasteiger partial charge in [0.05, 0.1) is 0 Å². The van der Waals surface area contributed by atoms with Crippen LogP contribution >= 0.6 is 0 Å². The fourth-order valence-corrected chi connectivity index (χ4v) is 1.49. The summed E-state index contributed by atoms with van der Waals surface area (Å²) in [5, 5.41) is 2.34. The molecule has 0 aromatic carbocycles. The fraction of sp³-hybridized carbons (Fsp3) is 0.500. The molecule has 0 saturated heterocycles. The molecule has 0 rings (SSSR count). The largest absolute Gasteiger partial charge is 0.351 e. The summed E-state index contributed by atoms with van der Waals surface area (Å²) < 4.78 is 0. The monoisotopic (exact) mass is 280 g/mol. The Morgan fingerprint density at radius 2 is 1.85 bits per heavy atom. The van der Waals surface area contributed by atoms with Gasteiger partial charge in [-0.15, -0.1) is 0 Å². The summed E-state index contributed by atoms with van der Waals surface area (Å²) >= 11 is 0. The molecule has 0 atom stereocenters. The second-order valence-electron chi connectivity index (χ2n) is 3.81. The number of likely N-dealkylation sites (N-methyl/N-ethyl adjacent to an activating group) is 2. The molecular formula is C16H28N2O2. The van der Waals surface area contributed by atoms with Crippen LogP contribution in [0, 0.1) is 0 Å². The summed E-state index contributed by atoms with van der Waals surface area (Å²) in [6, 6.07) is 0. The van der Waals surface area contributed by atoms with E-state index in [1.807, 2.05) is 46.8 Å². The summed E-state index contributed by atoms with van der Waals surface area (Å²) in [4.78, 5) is 24.6. The van der Waals surface area contributed by atoms with Gasteiger partial charge in [-0.1, -0.05) is 38.7 Å². The minimum Gasteiger partial charge on any atom is -0.351 e. The van der Waals surface area contributed by atoms with Gasteiger partial charge in [-0.3, -0.25) is 9.59 Å². The van der Waals surface area contributed by atoms with E-state index in [-0.39, 0.29) is 0 Å². The average molecular weight is 280 g/mol. The van der Waals surface area contributed by atoms with Gasteiger partial charge in [0.15, 0.2) is 0 Å². The Bertz CT molecular complexity index is 382. The van der Waals surface area contributed by atoms with Crippen LogP contribution in [0.25, 0.3) is 0 Å². The number of rotatable bonds is 5. The van der Waals surface area contributed by atoms with Gasteiger partial charge in [0.1, 0.15) is 0 Å². The molecule has 0 aliphatic heterocycles. The molecule has 0 heterocycles. The van der Waals surface area contributed by atoms with Crippen LogP contribution in [0.1, 0.15) is 34.6 Å². The van der Waals surface area contributed by atoms with E-state index < -0.39 is 11.8 Å². The van der Waals surface area contributed by atoms with Crippen LogP contribution in [-0.2, 0) is 9.59 Å². The molecule has 0 saturated carbocycles. The zero-order valence-electron chi connectivity index (χ0n) is 13.6. The number of nitrogens with zero attached hydrogens (tertiary/aromatic N) is 1. The summed E-state index contributed by atoms with van der Waals surface area (Å²) in [6.07, 6.45) is 5.60. The Kier molecular flexibility index (Phi) is 12.5. The zero-order valence-corrected chi connectivity index (χ0v) is 13.6. The SMILES string of the molecule is C=C/C(CN(CC)C(=O)C(=O)NC)=C(C)\C=C/C.CC. The average Bonchev–Trinajstić information content (AvgIpc) is 2.49. The number of nitrogens with one attached hydrogen (secondary N) is 1. The van der Waals surface area contributed by atoms with Gasteiger partial charge < -0.3 is 10.2 Å². The van der Waals surface area contributed by atoms with E-state index in [1.54, 1.807) is 6.08 Å². The Morgan fingerprint density at radius 1 is 1.30 bits per heavy atom. The highest BCUT2D eigenvalue weighted by molar-refractivity contribution is 6.34. The zero-order chi connectivity index (χ0) is 16.1. The summed E-state index contributed by atoms with van der Waals surface area (Å²) in [7, 11) is 1.45. The third kappa shape index (κ3) is 6.92. The maximum absolute atomic E-state index is 11.8. The van der Waals surface area contributed by atoms with E-state index in [0.717, 1.165) is 11.1 Å². The molecule has 0 aliphatic rings. The van der Waals surface area contributed by atoms with Crippen LogP contribution in [0.3, 0.4) is 0 Å². The third-order valence-electron chi connectivity index (χ3n) is 2.62. The third-order valence-corrected chi connectivity index (χ3v) is 2.62. The van der Waals surface area contributed by atoms with Gasteiger partial charge in [-0.25, -0.2) is 0 Å². The lowest BCUT2D eigenvalue weighted by molar-refractivity contribution is -0.145. The van der Waals surface area contributed by atoms with Gasteiger partial charge in [0, 0.05) is 20.1 Å². The van der Waals surface area contributed by atoms with Gasteiger partial charge in [-0.05, 0) is 31.9 Å². The first-order valence-corrected chi connectivity index (χ1v) is 6.97. The highest BCUT2D eigenvalue weighted by Gasteiger charge is 2.19. The molecule has 0 aromatic rings. The van der Waals surface area contributed by atoms with Gasteiger partial charge in [0.25, 0.3) is 0 Å². The standard InChI is InChI=1S/C14H22N2O2.C2H6/c1-6-9-11(4)12(7-2)10-16(8-3)14(18)13(17)15-5;1-2/h6-7,9H,2,8,10H2,1,3-5H3,(H,15,17);1-2H3/b9-6-,12-11+;. The van der Waals surface area contributed by atoms with E-state index >= 15 is 0 Å². The minimum absolute atomic E-state index is 0.391. The minimum atomic E-state index is -0.594. The Labute approximate surface area is 123 Å². The van der Waals surface area contributed by atoms with E-state index in [2.05, 4.69) is 11.9 Å². The lowest BCUT2D eigenvalue weighted by Gasteiger charge is -2.21. The summed E-state index contributed by atoms with van der Waals surface area (Å²) in [5.41, 5.74) is 1.97. The molecular weight excluding hydrogens is 252 g/mol. The van der Waals surface area contributed by atoms with Crippen LogP contribution in [0.5, 0.6) is 0 Å². The first-order valence-electron chi connectivity index (χ1n) is 6.97. The summed E-state index contributed by atoms with van der Waals surface area (Å²) in [6.45, 7) is 14.3. The van der Waals surface area contributed by atoms with Crippen molar-refractivity contribution >= 4 is 11.8 Å². The quantitative estimate of drug-likeness (QED) is 0.622. The molecule has 4 nitrogen and oxygen atoms in total. The van der Waals surface area contributed by atoms with Crippen molar-refractivity contribution in [3.05, 3.63) is 36.0 Å². The van der Waals surface area contributed by atoms with Crippen molar-refractivity contribution in [3.63, 3.8) is 0 Å². The Hall–Kier alpha value is -1.84. The van der Waals surface area contributed by atoms with Crippen LogP contribution in [0.2, 0.25) is 0 Å². The van der Waals surface area contributed by atoms with Crippen molar-refractivity contribution < 1.29 is 9.59 Å². The molecule has 1 N–H and O–H groups in total. The maximum Gasteiger partial charge on any atom is 0.312 e. The predicted octanol–water partition coefficient (Wildman–Crippen LogP) is 2.69. The number of hydrogen-bond donors (Lipinski definition) is 1. The van der Waals surface area contributed by atoms with Crippen molar-refractivity contribution in [2.75, 3.05) is 20.1 Å². The maximum atomic E-state index is 11.8. The molecule has 0 aromatic heterocycles. The molecule has 114 valence electrons. The van der Waals surface area contributed by atoms with E-state index in [0.29, 0.717) is 13.1 Å². The second-order valence-corrected chi connectivity index (χ2v) is 3.81. The van der Waals surface area contributed by atoms with Crippen molar-refractivity contribution in [1.82, 2.24) is 10.2 Å². The van der Waals surface area contributed by atoms with E-state index in [1.165, 1.54) is 11.9 Å².